The lowest BCUT2D eigenvalue weighted by atomic mass is 9.74. The van der Waals surface area contributed by atoms with Gasteiger partial charge in [0.2, 0.25) is 0 Å². The molecule has 0 aliphatic rings. The SMILES string of the molecule is COc1ccc(Br)c(CC(F)(CN)C(C)(C)C)c1. The number of methoxy groups -OCH3 is 1. The molecule has 18 heavy (non-hydrogen) atoms. The van der Waals surface area contributed by atoms with Crippen molar-refractivity contribution < 1.29 is 9.13 Å². The first-order valence-corrected chi connectivity index (χ1v) is 6.74. The largest absolute Gasteiger partial charge is 0.497 e. The molecule has 4 heteroatoms. The van der Waals surface area contributed by atoms with Gasteiger partial charge in [-0.1, -0.05) is 36.7 Å². The Morgan fingerprint density at radius 3 is 2.39 bits per heavy atom. The summed E-state index contributed by atoms with van der Waals surface area (Å²) in [5.41, 5.74) is 4.56. The molecular weight excluding hydrogens is 297 g/mol. The summed E-state index contributed by atoms with van der Waals surface area (Å²) in [5.74, 6) is 0.724. The van der Waals surface area contributed by atoms with Gasteiger partial charge in [0.1, 0.15) is 11.4 Å². The summed E-state index contributed by atoms with van der Waals surface area (Å²) in [7, 11) is 1.60. The number of halogens is 2. The number of hydrogen-bond donors (Lipinski definition) is 1. The molecule has 0 aromatic heterocycles. The van der Waals surface area contributed by atoms with Crippen molar-refractivity contribution in [3.05, 3.63) is 28.2 Å². The van der Waals surface area contributed by atoms with E-state index in [0.29, 0.717) is 0 Å². The number of ether oxygens (including phenoxy) is 1. The van der Waals surface area contributed by atoms with Gasteiger partial charge in [0.15, 0.2) is 0 Å². The van der Waals surface area contributed by atoms with Crippen LogP contribution in [0.4, 0.5) is 4.39 Å². The molecule has 102 valence electrons. The molecule has 1 unspecified atom stereocenters. The smallest absolute Gasteiger partial charge is 0.132 e. The summed E-state index contributed by atoms with van der Waals surface area (Å²) < 4.78 is 21.0. The second kappa shape index (κ2) is 5.57. The molecule has 0 saturated carbocycles. The zero-order chi connectivity index (χ0) is 14.0. The predicted octanol–water partition coefficient (Wildman–Crippen LogP) is 3.71. The van der Waals surface area contributed by atoms with Gasteiger partial charge in [0, 0.05) is 17.4 Å². The lowest BCUT2D eigenvalue weighted by Crippen LogP contribution is -2.47. The van der Waals surface area contributed by atoms with Crippen LogP contribution in [-0.2, 0) is 6.42 Å². The Bertz CT molecular complexity index is 417. The molecule has 0 aliphatic heterocycles. The minimum absolute atomic E-state index is 0.000149. The van der Waals surface area contributed by atoms with Gasteiger partial charge < -0.3 is 10.5 Å². The average Bonchev–Trinajstić information content (AvgIpc) is 2.30. The van der Waals surface area contributed by atoms with E-state index < -0.39 is 11.1 Å². The van der Waals surface area contributed by atoms with Crippen molar-refractivity contribution in [2.75, 3.05) is 13.7 Å². The highest BCUT2D eigenvalue weighted by atomic mass is 79.9. The molecule has 1 aromatic carbocycles. The van der Waals surface area contributed by atoms with Gasteiger partial charge in [-0.2, -0.15) is 0 Å². The Balaban J connectivity index is 3.09. The monoisotopic (exact) mass is 317 g/mol. The molecule has 0 radical (unpaired) electrons. The fraction of sp³-hybridized carbons (Fsp3) is 0.571. The van der Waals surface area contributed by atoms with Crippen LogP contribution in [0.25, 0.3) is 0 Å². The number of rotatable bonds is 4. The molecule has 0 spiro atoms. The van der Waals surface area contributed by atoms with Gasteiger partial charge in [-0.15, -0.1) is 0 Å². The number of alkyl halides is 1. The summed E-state index contributed by atoms with van der Waals surface area (Å²) in [6.45, 7) is 5.61. The van der Waals surface area contributed by atoms with Crippen molar-refractivity contribution in [1.29, 1.82) is 0 Å². The summed E-state index contributed by atoms with van der Waals surface area (Å²) in [6, 6.07) is 5.56. The van der Waals surface area contributed by atoms with Crippen molar-refractivity contribution in [3.8, 4) is 5.75 Å². The third-order valence-electron chi connectivity index (χ3n) is 3.39. The molecule has 0 aliphatic carbocycles. The Labute approximate surface area is 117 Å². The lowest BCUT2D eigenvalue weighted by Gasteiger charge is -2.37. The molecule has 0 fully saturated rings. The zero-order valence-corrected chi connectivity index (χ0v) is 13.0. The van der Waals surface area contributed by atoms with Gasteiger partial charge in [0.05, 0.1) is 7.11 Å². The van der Waals surface area contributed by atoms with E-state index in [1.807, 2.05) is 39.0 Å². The van der Waals surface area contributed by atoms with Crippen LogP contribution in [0, 0.1) is 5.41 Å². The predicted molar refractivity (Wildman–Crippen MR) is 76.7 cm³/mol. The van der Waals surface area contributed by atoms with E-state index in [9.17, 15) is 4.39 Å². The van der Waals surface area contributed by atoms with E-state index >= 15 is 0 Å². The van der Waals surface area contributed by atoms with Crippen LogP contribution in [-0.4, -0.2) is 19.3 Å². The van der Waals surface area contributed by atoms with Gasteiger partial charge in [-0.05, 0) is 29.2 Å². The molecule has 1 rings (SSSR count). The van der Waals surface area contributed by atoms with Crippen LogP contribution in [0.5, 0.6) is 5.75 Å². The highest BCUT2D eigenvalue weighted by Gasteiger charge is 2.41. The average molecular weight is 318 g/mol. The number of hydrogen-bond acceptors (Lipinski definition) is 2. The number of benzene rings is 1. The third kappa shape index (κ3) is 3.23. The Hall–Kier alpha value is -0.610. The van der Waals surface area contributed by atoms with Gasteiger partial charge >= 0.3 is 0 Å². The van der Waals surface area contributed by atoms with Gasteiger partial charge in [-0.25, -0.2) is 4.39 Å². The summed E-state index contributed by atoms with van der Waals surface area (Å²) in [5, 5.41) is 0. The number of nitrogens with two attached hydrogens (primary N) is 1. The molecule has 0 heterocycles. The highest BCUT2D eigenvalue weighted by molar-refractivity contribution is 9.10. The standard InChI is InChI=1S/C14H21BrFNO/c1-13(2,3)14(16,9-17)8-10-7-11(18-4)5-6-12(10)15/h5-7H,8-9,17H2,1-4H3. The Morgan fingerprint density at radius 2 is 1.94 bits per heavy atom. The van der Waals surface area contributed by atoms with E-state index in [4.69, 9.17) is 10.5 Å². The molecule has 0 amide bonds. The van der Waals surface area contributed by atoms with Crippen LogP contribution in [0.1, 0.15) is 26.3 Å². The Morgan fingerprint density at radius 1 is 1.33 bits per heavy atom. The van der Waals surface area contributed by atoms with E-state index in [1.165, 1.54) is 0 Å². The molecule has 0 bridgehead atoms. The fourth-order valence-electron chi connectivity index (χ4n) is 1.76. The molecule has 1 atom stereocenters. The van der Waals surface area contributed by atoms with Crippen molar-refractivity contribution in [3.63, 3.8) is 0 Å². The van der Waals surface area contributed by atoms with Gasteiger partial charge in [-0.3, -0.25) is 0 Å². The van der Waals surface area contributed by atoms with Crippen LogP contribution in [0.15, 0.2) is 22.7 Å². The highest BCUT2D eigenvalue weighted by Crippen LogP contribution is 2.38. The van der Waals surface area contributed by atoms with E-state index in [1.54, 1.807) is 7.11 Å². The minimum atomic E-state index is -1.44. The fourth-order valence-corrected chi connectivity index (χ4v) is 2.15. The normalized spacial score (nSPS) is 15.3. The first-order valence-electron chi connectivity index (χ1n) is 5.95. The molecule has 2 nitrogen and oxygen atoms in total. The Kier molecular flexibility index (Phi) is 4.78. The third-order valence-corrected chi connectivity index (χ3v) is 4.16. The lowest BCUT2D eigenvalue weighted by molar-refractivity contribution is 0.0380. The van der Waals surface area contributed by atoms with Crippen molar-refractivity contribution in [2.45, 2.75) is 32.9 Å². The summed E-state index contributed by atoms with van der Waals surface area (Å²) in [4.78, 5) is 0. The second-order valence-electron chi connectivity index (χ2n) is 5.55. The van der Waals surface area contributed by atoms with Crippen LogP contribution in [0.3, 0.4) is 0 Å². The van der Waals surface area contributed by atoms with E-state index in [-0.39, 0.29) is 13.0 Å². The first-order chi connectivity index (χ1) is 8.23. The maximum Gasteiger partial charge on any atom is 0.132 e. The zero-order valence-electron chi connectivity index (χ0n) is 11.4. The second-order valence-corrected chi connectivity index (χ2v) is 6.41. The summed E-state index contributed by atoms with van der Waals surface area (Å²) >= 11 is 3.45. The summed E-state index contributed by atoms with van der Waals surface area (Å²) in [6.07, 6.45) is 0.269. The van der Waals surface area contributed by atoms with Crippen LogP contribution >= 0.6 is 15.9 Å². The molecular formula is C14H21BrFNO. The van der Waals surface area contributed by atoms with E-state index in [2.05, 4.69) is 15.9 Å². The quantitative estimate of drug-likeness (QED) is 0.918. The maximum absolute atomic E-state index is 14.9. The van der Waals surface area contributed by atoms with Crippen LogP contribution in [0.2, 0.25) is 0 Å². The first kappa shape index (κ1) is 15.4. The maximum atomic E-state index is 14.9. The topological polar surface area (TPSA) is 35.2 Å². The van der Waals surface area contributed by atoms with Crippen molar-refractivity contribution >= 4 is 15.9 Å². The van der Waals surface area contributed by atoms with Crippen LogP contribution < -0.4 is 10.5 Å². The van der Waals surface area contributed by atoms with E-state index in [0.717, 1.165) is 15.8 Å². The van der Waals surface area contributed by atoms with Crippen molar-refractivity contribution in [2.24, 2.45) is 11.1 Å². The molecule has 0 saturated heterocycles. The molecule has 1 aromatic rings. The van der Waals surface area contributed by atoms with Gasteiger partial charge in [0.25, 0.3) is 0 Å². The minimum Gasteiger partial charge on any atom is -0.497 e. The van der Waals surface area contributed by atoms with Crippen molar-refractivity contribution in [1.82, 2.24) is 0 Å². The molecule has 2 N–H and O–H groups in total.